The fourth-order valence-electron chi connectivity index (χ4n) is 0.629. The summed E-state index contributed by atoms with van der Waals surface area (Å²) in [6, 6.07) is 0. The van der Waals surface area contributed by atoms with Crippen LogP contribution in [0.3, 0.4) is 0 Å². The molecule has 0 aromatic carbocycles. The standard InChI is InChI=1S/C7H11ClO2/c1-6(3-2-4-8)5-7(9)10/h5H,2-4H2,1H3,(H,9,10)/b6-5-. The smallest absolute Gasteiger partial charge is 0.328 e. The molecule has 0 unspecified atom stereocenters. The molecule has 0 aliphatic heterocycles. The van der Waals surface area contributed by atoms with Gasteiger partial charge in [-0.2, -0.15) is 0 Å². The highest BCUT2D eigenvalue weighted by Crippen LogP contribution is 2.03. The molecule has 0 rings (SSSR count). The Hall–Kier alpha value is -0.500. The van der Waals surface area contributed by atoms with Crippen LogP contribution < -0.4 is 0 Å². The van der Waals surface area contributed by atoms with Gasteiger partial charge in [-0.15, -0.1) is 11.6 Å². The maximum absolute atomic E-state index is 10.1. The third kappa shape index (κ3) is 5.63. The van der Waals surface area contributed by atoms with Crippen LogP contribution in [0.15, 0.2) is 11.6 Å². The first-order valence-corrected chi connectivity index (χ1v) is 3.66. The highest BCUT2D eigenvalue weighted by atomic mass is 35.5. The molecule has 0 aliphatic carbocycles. The Morgan fingerprint density at radius 2 is 2.30 bits per heavy atom. The van der Waals surface area contributed by atoms with Crippen molar-refractivity contribution >= 4 is 17.6 Å². The zero-order valence-electron chi connectivity index (χ0n) is 5.93. The SMILES string of the molecule is C/C(=C/C(=O)O)CCCCl. The highest BCUT2D eigenvalue weighted by Gasteiger charge is 1.92. The maximum Gasteiger partial charge on any atom is 0.328 e. The molecule has 0 fully saturated rings. The van der Waals surface area contributed by atoms with Crippen LogP contribution in [-0.2, 0) is 4.79 Å². The average molecular weight is 163 g/mol. The average Bonchev–Trinajstić information content (AvgIpc) is 1.82. The number of alkyl halides is 1. The highest BCUT2D eigenvalue weighted by molar-refractivity contribution is 6.17. The second kappa shape index (κ2) is 5.30. The summed E-state index contributed by atoms with van der Waals surface area (Å²) in [5.41, 5.74) is 0.869. The lowest BCUT2D eigenvalue weighted by Crippen LogP contribution is -1.90. The van der Waals surface area contributed by atoms with Crippen LogP contribution in [-0.4, -0.2) is 17.0 Å². The number of carboxylic acid groups (broad SMARTS) is 1. The Morgan fingerprint density at radius 1 is 1.70 bits per heavy atom. The molecular weight excluding hydrogens is 152 g/mol. The molecule has 0 heterocycles. The molecule has 10 heavy (non-hydrogen) atoms. The summed E-state index contributed by atoms with van der Waals surface area (Å²) in [5, 5.41) is 8.27. The van der Waals surface area contributed by atoms with E-state index in [4.69, 9.17) is 16.7 Å². The van der Waals surface area contributed by atoms with Gasteiger partial charge in [-0.05, 0) is 19.8 Å². The third-order valence-corrected chi connectivity index (χ3v) is 1.34. The zero-order valence-corrected chi connectivity index (χ0v) is 6.69. The normalized spacial score (nSPS) is 11.6. The molecular formula is C7H11ClO2. The summed E-state index contributed by atoms with van der Waals surface area (Å²) in [6.45, 7) is 1.79. The van der Waals surface area contributed by atoms with E-state index < -0.39 is 5.97 Å². The van der Waals surface area contributed by atoms with Crippen LogP contribution in [0.2, 0.25) is 0 Å². The predicted molar refractivity (Wildman–Crippen MR) is 41.3 cm³/mol. The minimum absolute atomic E-state index is 0.588. The van der Waals surface area contributed by atoms with Crippen LogP contribution in [0.1, 0.15) is 19.8 Å². The molecule has 0 saturated heterocycles. The molecule has 0 aromatic rings. The van der Waals surface area contributed by atoms with E-state index in [1.54, 1.807) is 6.92 Å². The number of aliphatic carboxylic acids is 1. The minimum atomic E-state index is -0.882. The van der Waals surface area contributed by atoms with Gasteiger partial charge in [-0.3, -0.25) is 0 Å². The van der Waals surface area contributed by atoms with Gasteiger partial charge in [0.1, 0.15) is 0 Å². The molecule has 2 nitrogen and oxygen atoms in total. The van der Waals surface area contributed by atoms with Gasteiger partial charge in [0.05, 0.1) is 0 Å². The quantitative estimate of drug-likeness (QED) is 0.508. The molecule has 0 aliphatic rings. The van der Waals surface area contributed by atoms with Crippen molar-refractivity contribution < 1.29 is 9.90 Å². The molecule has 0 aromatic heterocycles. The zero-order chi connectivity index (χ0) is 7.98. The van der Waals surface area contributed by atoms with Gasteiger partial charge in [-0.25, -0.2) is 4.79 Å². The molecule has 1 N–H and O–H groups in total. The number of hydrogen-bond donors (Lipinski definition) is 1. The van der Waals surface area contributed by atoms with Crippen molar-refractivity contribution in [1.82, 2.24) is 0 Å². The van der Waals surface area contributed by atoms with Gasteiger partial charge in [0.2, 0.25) is 0 Å². The van der Waals surface area contributed by atoms with E-state index >= 15 is 0 Å². The Labute approximate surface area is 65.5 Å². The maximum atomic E-state index is 10.1. The number of carbonyl (C=O) groups is 1. The van der Waals surface area contributed by atoms with Crippen LogP contribution in [0.25, 0.3) is 0 Å². The monoisotopic (exact) mass is 162 g/mol. The van der Waals surface area contributed by atoms with Crippen LogP contribution >= 0.6 is 11.6 Å². The number of carboxylic acids is 1. The first-order chi connectivity index (χ1) is 4.66. The summed E-state index contributed by atoms with van der Waals surface area (Å²) in [6.07, 6.45) is 2.83. The van der Waals surface area contributed by atoms with Gasteiger partial charge in [0.15, 0.2) is 0 Å². The van der Waals surface area contributed by atoms with Gasteiger partial charge >= 0.3 is 5.97 Å². The topological polar surface area (TPSA) is 37.3 Å². The van der Waals surface area contributed by atoms with Crippen LogP contribution in [0.5, 0.6) is 0 Å². The van der Waals surface area contributed by atoms with Crippen molar-refractivity contribution in [3.63, 3.8) is 0 Å². The third-order valence-electron chi connectivity index (χ3n) is 1.07. The molecule has 3 heteroatoms. The number of allylic oxidation sites excluding steroid dienone is 1. The van der Waals surface area contributed by atoms with Gasteiger partial charge in [-0.1, -0.05) is 5.57 Å². The molecule has 0 saturated carbocycles. The van der Waals surface area contributed by atoms with Crippen molar-refractivity contribution in [2.24, 2.45) is 0 Å². The second-order valence-electron chi connectivity index (χ2n) is 2.12. The summed E-state index contributed by atoms with van der Waals surface area (Å²) in [4.78, 5) is 10.1. The predicted octanol–water partition coefficient (Wildman–Crippen LogP) is 2.04. The summed E-state index contributed by atoms with van der Waals surface area (Å²) in [5.74, 6) is -0.294. The number of halogens is 1. The van der Waals surface area contributed by atoms with E-state index in [0.717, 1.165) is 18.4 Å². The van der Waals surface area contributed by atoms with E-state index in [1.807, 2.05) is 0 Å². The Bertz CT molecular complexity index is 141. The van der Waals surface area contributed by atoms with Gasteiger partial charge < -0.3 is 5.11 Å². The van der Waals surface area contributed by atoms with Gasteiger partial charge in [0.25, 0.3) is 0 Å². The summed E-state index contributed by atoms with van der Waals surface area (Å²) >= 11 is 5.41. The molecule has 58 valence electrons. The first-order valence-electron chi connectivity index (χ1n) is 3.13. The van der Waals surface area contributed by atoms with Gasteiger partial charge in [0, 0.05) is 12.0 Å². The van der Waals surface area contributed by atoms with E-state index in [1.165, 1.54) is 6.08 Å². The molecule has 0 amide bonds. The van der Waals surface area contributed by atoms with Crippen molar-refractivity contribution in [2.75, 3.05) is 5.88 Å². The Balaban J connectivity index is 3.60. The molecule has 0 radical (unpaired) electrons. The summed E-state index contributed by atoms with van der Waals surface area (Å²) < 4.78 is 0. The van der Waals surface area contributed by atoms with Crippen LogP contribution in [0, 0.1) is 0 Å². The van der Waals surface area contributed by atoms with E-state index in [9.17, 15) is 4.79 Å². The fourth-order valence-corrected chi connectivity index (χ4v) is 0.762. The fraction of sp³-hybridized carbons (Fsp3) is 0.571. The van der Waals surface area contributed by atoms with E-state index in [-0.39, 0.29) is 0 Å². The molecule has 0 atom stereocenters. The molecule has 0 bridgehead atoms. The van der Waals surface area contributed by atoms with Crippen molar-refractivity contribution in [2.45, 2.75) is 19.8 Å². The van der Waals surface area contributed by atoms with Crippen molar-refractivity contribution in [1.29, 1.82) is 0 Å². The number of hydrogen-bond acceptors (Lipinski definition) is 1. The summed E-state index contributed by atoms with van der Waals surface area (Å²) in [7, 11) is 0. The largest absolute Gasteiger partial charge is 0.478 e. The van der Waals surface area contributed by atoms with Crippen LogP contribution in [0.4, 0.5) is 0 Å². The van der Waals surface area contributed by atoms with E-state index in [0.29, 0.717) is 5.88 Å². The Kier molecular flexibility index (Phi) is 5.03. The van der Waals surface area contributed by atoms with Crippen molar-refractivity contribution in [3.8, 4) is 0 Å². The first kappa shape index (κ1) is 9.50. The number of rotatable bonds is 4. The minimum Gasteiger partial charge on any atom is -0.478 e. The second-order valence-corrected chi connectivity index (χ2v) is 2.50. The lowest BCUT2D eigenvalue weighted by atomic mass is 10.2. The van der Waals surface area contributed by atoms with E-state index in [2.05, 4.69) is 0 Å². The lowest BCUT2D eigenvalue weighted by molar-refractivity contribution is -0.131. The lowest BCUT2D eigenvalue weighted by Gasteiger charge is -1.94. The molecule has 0 spiro atoms. The van der Waals surface area contributed by atoms with Crippen molar-refractivity contribution in [3.05, 3.63) is 11.6 Å². The Morgan fingerprint density at radius 3 is 2.70 bits per heavy atom.